The van der Waals surface area contributed by atoms with Gasteiger partial charge in [0.15, 0.2) is 0 Å². The minimum absolute atomic E-state index is 0.183. The molecule has 0 aliphatic carbocycles. The van der Waals surface area contributed by atoms with Crippen molar-refractivity contribution in [3.05, 3.63) is 60.7 Å². The first kappa shape index (κ1) is 9.90. The van der Waals surface area contributed by atoms with E-state index in [-0.39, 0.29) is 5.97 Å². The summed E-state index contributed by atoms with van der Waals surface area (Å²) < 4.78 is 4.97. The van der Waals surface area contributed by atoms with E-state index in [0.717, 1.165) is 11.4 Å². The first-order valence-corrected chi connectivity index (χ1v) is 5.46. The van der Waals surface area contributed by atoms with Crippen molar-refractivity contribution in [3.63, 3.8) is 0 Å². The van der Waals surface area contributed by atoms with Gasteiger partial charge in [-0.05, 0) is 24.3 Å². The average molecular weight is 225 g/mol. The minimum atomic E-state index is -0.472. The molecule has 0 radical (unpaired) electrons. The van der Waals surface area contributed by atoms with E-state index in [1.165, 1.54) is 0 Å². The van der Waals surface area contributed by atoms with Gasteiger partial charge in [0.1, 0.15) is 0 Å². The largest absolute Gasteiger partial charge is 0.425 e. The first-order valence-electron chi connectivity index (χ1n) is 5.46. The molecule has 1 atom stereocenters. The van der Waals surface area contributed by atoms with Crippen LogP contribution >= 0.6 is 0 Å². The number of hydrogen-bond donors (Lipinski definition) is 0. The van der Waals surface area contributed by atoms with Crippen LogP contribution in [-0.2, 0) is 9.53 Å². The quantitative estimate of drug-likeness (QED) is 0.753. The van der Waals surface area contributed by atoms with Crippen LogP contribution in [0.4, 0.5) is 11.4 Å². The second-order valence-electron chi connectivity index (χ2n) is 3.83. The number of carbonyl (C=O) groups is 1. The van der Waals surface area contributed by atoms with Crippen LogP contribution in [0.15, 0.2) is 60.7 Å². The summed E-state index contributed by atoms with van der Waals surface area (Å²) in [7, 11) is 0. The van der Waals surface area contributed by atoms with Crippen molar-refractivity contribution in [2.75, 3.05) is 4.90 Å². The topological polar surface area (TPSA) is 32.8 Å². The first-order chi connectivity index (χ1) is 8.36. The van der Waals surface area contributed by atoms with E-state index in [9.17, 15) is 4.79 Å². The summed E-state index contributed by atoms with van der Waals surface area (Å²) >= 11 is 0. The fourth-order valence-corrected chi connectivity index (χ4v) is 1.83. The van der Waals surface area contributed by atoms with Crippen LogP contribution < -0.4 is 4.90 Å². The molecule has 17 heavy (non-hydrogen) atoms. The third-order valence-corrected chi connectivity index (χ3v) is 2.68. The Morgan fingerprint density at radius 2 is 1.24 bits per heavy atom. The van der Waals surface area contributed by atoms with Crippen LogP contribution in [0.3, 0.4) is 0 Å². The molecule has 3 heteroatoms. The number of benzene rings is 2. The predicted octanol–water partition coefficient (Wildman–Crippen LogP) is 2.71. The molecule has 0 aromatic heterocycles. The molecule has 0 saturated carbocycles. The van der Waals surface area contributed by atoms with Gasteiger partial charge >= 0.3 is 5.97 Å². The molecule has 1 heterocycles. The van der Waals surface area contributed by atoms with Gasteiger partial charge in [0.25, 0.3) is 6.23 Å². The van der Waals surface area contributed by atoms with Crippen LogP contribution in [0, 0.1) is 0 Å². The molecule has 2 aromatic carbocycles. The van der Waals surface area contributed by atoms with Crippen molar-refractivity contribution in [1.82, 2.24) is 0 Å². The second kappa shape index (κ2) is 3.94. The summed E-state index contributed by atoms with van der Waals surface area (Å²) in [6.07, 6.45) is -0.472. The minimum Gasteiger partial charge on any atom is -0.425 e. The molecule has 0 N–H and O–H groups in total. The van der Waals surface area contributed by atoms with Crippen LogP contribution in [0.25, 0.3) is 0 Å². The van der Waals surface area contributed by atoms with Crippen LogP contribution in [0.5, 0.6) is 0 Å². The normalized spacial score (nSPS) is 17.4. The number of carbonyl (C=O) groups excluding carboxylic acids is 1. The predicted molar refractivity (Wildman–Crippen MR) is 64.9 cm³/mol. The second-order valence-corrected chi connectivity index (χ2v) is 3.83. The molecule has 0 spiro atoms. The Morgan fingerprint density at radius 3 is 1.59 bits per heavy atom. The Kier molecular flexibility index (Phi) is 2.29. The average Bonchev–Trinajstić information content (AvgIpc) is 3.09. The Bertz CT molecular complexity index is 485. The fourth-order valence-electron chi connectivity index (χ4n) is 1.83. The molecule has 0 amide bonds. The van der Waals surface area contributed by atoms with Gasteiger partial charge in [0.05, 0.1) is 0 Å². The Morgan fingerprint density at radius 1 is 0.824 bits per heavy atom. The fraction of sp³-hybridized carbons (Fsp3) is 0.0714. The summed E-state index contributed by atoms with van der Waals surface area (Å²) in [5.41, 5.74) is 1.91. The monoisotopic (exact) mass is 225 g/mol. The van der Waals surface area contributed by atoms with Crippen molar-refractivity contribution >= 4 is 17.3 Å². The molecule has 1 saturated heterocycles. The van der Waals surface area contributed by atoms with E-state index in [1.54, 1.807) is 0 Å². The Balaban J connectivity index is 2.02. The van der Waals surface area contributed by atoms with E-state index in [1.807, 2.05) is 65.6 Å². The Hall–Kier alpha value is -2.29. The number of rotatable bonds is 3. The molecule has 3 nitrogen and oxygen atoms in total. The highest BCUT2D eigenvalue weighted by molar-refractivity contribution is 5.93. The highest BCUT2D eigenvalue weighted by Crippen LogP contribution is 2.33. The highest BCUT2D eigenvalue weighted by atomic mass is 16.7. The molecule has 3 rings (SSSR count). The van der Waals surface area contributed by atoms with Crippen LogP contribution in [0.2, 0.25) is 0 Å². The summed E-state index contributed by atoms with van der Waals surface area (Å²) in [4.78, 5) is 13.1. The number of epoxide rings is 1. The molecule has 1 aliphatic rings. The van der Waals surface area contributed by atoms with Crippen molar-refractivity contribution < 1.29 is 9.53 Å². The lowest BCUT2D eigenvalue weighted by atomic mass is 10.2. The van der Waals surface area contributed by atoms with Gasteiger partial charge in [0, 0.05) is 11.4 Å². The van der Waals surface area contributed by atoms with Gasteiger partial charge in [-0.15, -0.1) is 0 Å². The van der Waals surface area contributed by atoms with E-state index >= 15 is 0 Å². The molecule has 0 bridgehead atoms. The zero-order valence-electron chi connectivity index (χ0n) is 9.11. The molecule has 1 fully saturated rings. The van der Waals surface area contributed by atoms with Crippen LogP contribution in [-0.4, -0.2) is 12.2 Å². The standard InChI is InChI=1S/C14H11NO2/c16-14-13(17-14)15(11-7-3-1-4-8-11)12-9-5-2-6-10-12/h1-10,13H. The van der Waals surface area contributed by atoms with Gasteiger partial charge < -0.3 is 4.74 Å². The smallest absolute Gasteiger partial charge is 0.372 e. The van der Waals surface area contributed by atoms with Gasteiger partial charge in [-0.1, -0.05) is 36.4 Å². The van der Waals surface area contributed by atoms with Crippen molar-refractivity contribution in [2.24, 2.45) is 0 Å². The highest BCUT2D eigenvalue weighted by Gasteiger charge is 2.44. The summed E-state index contributed by atoms with van der Waals surface area (Å²) in [6, 6.07) is 19.5. The van der Waals surface area contributed by atoms with E-state index in [0.29, 0.717) is 0 Å². The zero-order chi connectivity index (χ0) is 11.7. The van der Waals surface area contributed by atoms with Gasteiger partial charge in [-0.2, -0.15) is 0 Å². The number of ether oxygens (including phenoxy) is 1. The number of anilines is 2. The lowest BCUT2D eigenvalue weighted by molar-refractivity contribution is -0.117. The van der Waals surface area contributed by atoms with E-state index < -0.39 is 6.23 Å². The number of hydrogen-bond acceptors (Lipinski definition) is 3. The molecule has 1 unspecified atom stereocenters. The maximum atomic E-state index is 11.2. The maximum Gasteiger partial charge on any atom is 0.372 e. The van der Waals surface area contributed by atoms with Crippen molar-refractivity contribution in [3.8, 4) is 0 Å². The lowest BCUT2D eigenvalue weighted by Gasteiger charge is -2.20. The molecular weight excluding hydrogens is 214 g/mol. The van der Waals surface area contributed by atoms with E-state index in [4.69, 9.17) is 4.74 Å². The number of para-hydroxylation sites is 2. The van der Waals surface area contributed by atoms with Gasteiger partial charge in [0.2, 0.25) is 0 Å². The third-order valence-electron chi connectivity index (χ3n) is 2.68. The Labute approximate surface area is 99.2 Å². The summed E-state index contributed by atoms with van der Waals surface area (Å²) in [5.74, 6) is -0.183. The maximum absolute atomic E-state index is 11.2. The SMILES string of the molecule is O=C1OC1N(c1ccccc1)c1ccccc1. The molecule has 1 aliphatic heterocycles. The number of nitrogens with zero attached hydrogens (tertiary/aromatic N) is 1. The number of cyclic esters (lactones) is 1. The van der Waals surface area contributed by atoms with Gasteiger partial charge in [-0.25, -0.2) is 4.79 Å². The third kappa shape index (κ3) is 1.87. The molecule has 2 aromatic rings. The van der Waals surface area contributed by atoms with Gasteiger partial charge in [-0.3, -0.25) is 4.90 Å². The van der Waals surface area contributed by atoms with Crippen LogP contribution in [0.1, 0.15) is 0 Å². The molecular formula is C14H11NO2. The summed E-state index contributed by atoms with van der Waals surface area (Å²) in [5, 5.41) is 0. The van der Waals surface area contributed by atoms with Crippen molar-refractivity contribution in [1.29, 1.82) is 0 Å². The van der Waals surface area contributed by atoms with E-state index in [2.05, 4.69) is 0 Å². The lowest BCUT2D eigenvalue weighted by Crippen LogP contribution is -2.21. The summed E-state index contributed by atoms with van der Waals surface area (Å²) in [6.45, 7) is 0. The van der Waals surface area contributed by atoms with Crippen molar-refractivity contribution in [2.45, 2.75) is 6.23 Å². The zero-order valence-corrected chi connectivity index (χ0v) is 9.11. The molecule has 84 valence electrons.